The van der Waals surface area contributed by atoms with E-state index in [1.54, 1.807) is 0 Å². The minimum Gasteiger partial charge on any atom is -0.318 e. The van der Waals surface area contributed by atoms with Gasteiger partial charge in [0, 0.05) is 12.6 Å². The Balaban J connectivity index is 2.24. The average molecular weight is 198 g/mol. The summed E-state index contributed by atoms with van der Waals surface area (Å²) >= 11 is 0. The molecule has 84 valence electrons. The maximum absolute atomic E-state index is 3.62. The van der Waals surface area contributed by atoms with E-state index in [-0.39, 0.29) is 0 Å². The summed E-state index contributed by atoms with van der Waals surface area (Å²) in [6.45, 7) is 9.33. The number of likely N-dealkylation sites (N-methyl/N-ethyl adjacent to an activating group) is 1. The van der Waals surface area contributed by atoms with E-state index in [0.29, 0.717) is 11.5 Å². The smallest absolute Gasteiger partial charge is 0.0164 e. The minimum atomic E-state index is 0.562. The molecule has 0 radical (unpaired) electrons. The molecule has 1 rings (SSSR count). The molecule has 2 unspecified atom stereocenters. The van der Waals surface area contributed by atoms with Gasteiger partial charge in [0.2, 0.25) is 0 Å². The molecular weight excluding hydrogens is 172 g/mol. The van der Waals surface area contributed by atoms with Gasteiger partial charge in [0.25, 0.3) is 0 Å². The SMILES string of the molecule is CNCC(C)NCC1CCCC1(C)C. The van der Waals surface area contributed by atoms with Gasteiger partial charge in [0.1, 0.15) is 0 Å². The summed E-state index contributed by atoms with van der Waals surface area (Å²) in [6.07, 6.45) is 4.23. The fourth-order valence-electron chi connectivity index (χ4n) is 2.50. The van der Waals surface area contributed by atoms with Crippen LogP contribution in [0, 0.1) is 11.3 Å². The van der Waals surface area contributed by atoms with Gasteiger partial charge in [-0.25, -0.2) is 0 Å². The quantitative estimate of drug-likeness (QED) is 0.706. The Morgan fingerprint density at radius 3 is 2.64 bits per heavy atom. The fourth-order valence-corrected chi connectivity index (χ4v) is 2.50. The lowest BCUT2D eigenvalue weighted by atomic mass is 9.82. The van der Waals surface area contributed by atoms with Gasteiger partial charge in [-0.1, -0.05) is 20.3 Å². The third-order valence-corrected chi connectivity index (χ3v) is 3.70. The second-order valence-electron chi connectivity index (χ2n) is 5.44. The second kappa shape index (κ2) is 5.13. The van der Waals surface area contributed by atoms with Crippen LogP contribution < -0.4 is 10.6 Å². The molecule has 0 amide bonds. The zero-order chi connectivity index (χ0) is 10.6. The zero-order valence-electron chi connectivity index (χ0n) is 10.2. The van der Waals surface area contributed by atoms with E-state index in [2.05, 4.69) is 31.4 Å². The van der Waals surface area contributed by atoms with Crippen LogP contribution in [0.4, 0.5) is 0 Å². The van der Waals surface area contributed by atoms with Crippen LogP contribution in [0.3, 0.4) is 0 Å². The van der Waals surface area contributed by atoms with Crippen molar-refractivity contribution >= 4 is 0 Å². The third kappa shape index (κ3) is 3.25. The number of hydrogen-bond donors (Lipinski definition) is 2. The van der Waals surface area contributed by atoms with Gasteiger partial charge >= 0.3 is 0 Å². The van der Waals surface area contributed by atoms with Crippen molar-refractivity contribution in [1.82, 2.24) is 10.6 Å². The van der Waals surface area contributed by atoms with Crippen molar-refractivity contribution in [3.05, 3.63) is 0 Å². The zero-order valence-corrected chi connectivity index (χ0v) is 10.2. The van der Waals surface area contributed by atoms with Gasteiger partial charge < -0.3 is 10.6 Å². The van der Waals surface area contributed by atoms with Crippen LogP contribution in [0.15, 0.2) is 0 Å². The highest BCUT2D eigenvalue weighted by atomic mass is 15.0. The third-order valence-electron chi connectivity index (χ3n) is 3.70. The standard InChI is InChI=1S/C12H26N2/c1-10(8-13-4)14-9-11-6-5-7-12(11,2)3/h10-11,13-14H,5-9H2,1-4H3. The lowest BCUT2D eigenvalue weighted by molar-refractivity contribution is 0.245. The van der Waals surface area contributed by atoms with Crippen LogP contribution in [0.5, 0.6) is 0 Å². The first kappa shape index (κ1) is 12.0. The topological polar surface area (TPSA) is 24.1 Å². The molecule has 2 N–H and O–H groups in total. The molecule has 2 atom stereocenters. The normalized spacial score (nSPS) is 27.9. The van der Waals surface area contributed by atoms with Crippen LogP contribution in [-0.4, -0.2) is 26.2 Å². The fraction of sp³-hybridized carbons (Fsp3) is 1.00. The van der Waals surface area contributed by atoms with Crippen LogP contribution in [-0.2, 0) is 0 Å². The van der Waals surface area contributed by atoms with Gasteiger partial charge in [-0.15, -0.1) is 0 Å². The van der Waals surface area contributed by atoms with Crippen LogP contribution in [0.2, 0.25) is 0 Å². The Kier molecular flexibility index (Phi) is 4.39. The Bertz CT molecular complexity index is 166. The van der Waals surface area contributed by atoms with Crippen molar-refractivity contribution in [3.63, 3.8) is 0 Å². The highest BCUT2D eigenvalue weighted by Gasteiger charge is 2.33. The van der Waals surface area contributed by atoms with E-state index in [1.807, 2.05) is 7.05 Å². The van der Waals surface area contributed by atoms with E-state index in [0.717, 1.165) is 12.5 Å². The molecule has 0 bridgehead atoms. The lowest BCUT2D eigenvalue weighted by Gasteiger charge is -2.28. The van der Waals surface area contributed by atoms with E-state index in [9.17, 15) is 0 Å². The minimum absolute atomic E-state index is 0.562. The van der Waals surface area contributed by atoms with E-state index < -0.39 is 0 Å². The Morgan fingerprint density at radius 2 is 2.14 bits per heavy atom. The first-order valence-corrected chi connectivity index (χ1v) is 5.94. The number of nitrogens with one attached hydrogen (secondary N) is 2. The van der Waals surface area contributed by atoms with Crippen molar-refractivity contribution in [2.75, 3.05) is 20.1 Å². The maximum Gasteiger partial charge on any atom is 0.0164 e. The van der Waals surface area contributed by atoms with Gasteiger partial charge in [-0.3, -0.25) is 0 Å². The number of rotatable bonds is 5. The Morgan fingerprint density at radius 1 is 1.43 bits per heavy atom. The van der Waals surface area contributed by atoms with Crippen molar-refractivity contribution in [2.24, 2.45) is 11.3 Å². The number of hydrogen-bond acceptors (Lipinski definition) is 2. The summed E-state index contributed by atoms with van der Waals surface area (Å²) in [4.78, 5) is 0. The molecule has 0 spiro atoms. The predicted molar refractivity (Wildman–Crippen MR) is 62.5 cm³/mol. The van der Waals surface area contributed by atoms with Gasteiger partial charge in [0.05, 0.1) is 0 Å². The Hall–Kier alpha value is -0.0800. The molecule has 0 aliphatic heterocycles. The largest absolute Gasteiger partial charge is 0.318 e. The molecule has 1 saturated carbocycles. The molecular formula is C12H26N2. The molecule has 2 nitrogen and oxygen atoms in total. The summed E-state index contributed by atoms with van der Waals surface area (Å²) in [6, 6.07) is 0.594. The molecule has 0 aromatic rings. The van der Waals surface area contributed by atoms with Crippen molar-refractivity contribution in [3.8, 4) is 0 Å². The van der Waals surface area contributed by atoms with E-state index in [1.165, 1.54) is 25.8 Å². The lowest BCUT2D eigenvalue weighted by Crippen LogP contribution is -2.39. The highest BCUT2D eigenvalue weighted by molar-refractivity contribution is 4.86. The molecule has 1 aliphatic carbocycles. The van der Waals surface area contributed by atoms with Crippen LogP contribution in [0.1, 0.15) is 40.0 Å². The second-order valence-corrected chi connectivity index (χ2v) is 5.44. The summed E-state index contributed by atoms with van der Waals surface area (Å²) < 4.78 is 0. The maximum atomic E-state index is 3.62. The van der Waals surface area contributed by atoms with E-state index >= 15 is 0 Å². The molecule has 2 heteroatoms. The first-order valence-electron chi connectivity index (χ1n) is 5.94. The predicted octanol–water partition coefficient (Wildman–Crippen LogP) is 2.01. The molecule has 1 aliphatic rings. The molecule has 0 saturated heterocycles. The molecule has 1 fully saturated rings. The molecule has 14 heavy (non-hydrogen) atoms. The van der Waals surface area contributed by atoms with Crippen LogP contribution >= 0.6 is 0 Å². The molecule has 0 heterocycles. The summed E-state index contributed by atoms with van der Waals surface area (Å²) in [5.74, 6) is 0.877. The molecule has 0 aromatic carbocycles. The van der Waals surface area contributed by atoms with Crippen molar-refractivity contribution in [1.29, 1.82) is 0 Å². The average Bonchev–Trinajstić information content (AvgIpc) is 2.42. The summed E-state index contributed by atoms with van der Waals surface area (Å²) in [5.41, 5.74) is 0.562. The van der Waals surface area contributed by atoms with Gasteiger partial charge in [0.15, 0.2) is 0 Å². The van der Waals surface area contributed by atoms with Gasteiger partial charge in [-0.2, -0.15) is 0 Å². The summed E-state index contributed by atoms with van der Waals surface area (Å²) in [5, 5.41) is 6.82. The first-order chi connectivity index (χ1) is 6.56. The van der Waals surface area contributed by atoms with Crippen molar-refractivity contribution < 1.29 is 0 Å². The van der Waals surface area contributed by atoms with Gasteiger partial charge in [-0.05, 0) is 44.7 Å². The summed E-state index contributed by atoms with van der Waals surface area (Å²) in [7, 11) is 2.01. The Labute approximate surface area is 88.8 Å². The monoisotopic (exact) mass is 198 g/mol. The van der Waals surface area contributed by atoms with Crippen LogP contribution in [0.25, 0.3) is 0 Å². The van der Waals surface area contributed by atoms with Crippen molar-refractivity contribution in [2.45, 2.75) is 46.1 Å². The highest BCUT2D eigenvalue weighted by Crippen LogP contribution is 2.41. The molecule has 0 aromatic heterocycles. The van der Waals surface area contributed by atoms with E-state index in [4.69, 9.17) is 0 Å².